The Hall–Kier alpha value is -0.940. The van der Waals surface area contributed by atoms with E-state index in [0.29, 0.717) is 0 Å². The minimum Gasteiger partial charge on any atom is -0.434 e. The molecule has 0 unspecified atom stereocenters. The predicted octanol–water partition coefficient (Wildman–Crippen LogP) is 1.80. The van der Waals surface area contributed by atoms with Crippen molar-refractivity contribution in [3.05, 3.63) is 23.1 Å². The molecule has 0 radical (unpaired) electrons. The molecule has 0 aliphatic heterocycles. The van der Waals surface area contributed by atoms with E-state index in [0.717, 1.165) is 0 Å². The molecule has 0 saturated heterocycles. The molecule has 0 amide bonds. The van der Waals surface area contributed by atoms with Crippen molar-refractivity contribution in [3.8, 4) is 6.07 Å². The summed E-state index contributed by atoms with van der Waals surface area (Å²) in [4.78, 5) is 0. The summed E-state index contributed by atoms with van der Waals surface area (Å²) in [6.07, 6.45) is 0. The van der Waals surface area contributed by atoms with Gasteiger partial charge < -0.3 is 4.42 Å². The third kappa shape index (κ3) is 0.824. The number of furan rings is 1. The van der Waals surface area contributed by atoms with Gasteiger partial charge in [-0.25, -0.2) is 0 Å². The summed E-state index contributed by atoms with van der Waals surface area (Å²) in [5.41, 5.74) is 0. The van der Waals surface area contributed by atoms with Gasteiger partial charge in [0.25, 0.3) is 0 Å². The first-order chi connectivity index (χ1) is 3.83. The maximum Gasteiger partial charge on any atom is 0.205 e. The fourth-order valence-corrected chi connectivity index (χ4v) is 0.520. The van der Waals surface area contributed by atoms with E-state index < -0.39 is 0 Å². The molecule has 0 aromatic carbocycles. The maximum absolute atomic E-state index is 8.15. The van der Waals surface area contributed by atoms with Crippen LogP contribution in [-0.2, 0) is 0 Å². The van der Waals surface area contributed by atoms with Gasteiger partial charge in [0.05, 0.1) is 0 Å². The number of halogens is 1. The van der Waals surface area contributed by atoms with Crippen molar-refractivity contribution >= 4 is 11.6 Å². The molecular formula is C5H2ClNO. The zero-order valence-electron chi connectivity index (χ0n) is 3.89. The first-order valence-corrected chi connectivity index (χ1v) is 2.36. The molecule has 0 saturated carbocycles. The van der Waals surface area contributed by atoms with Crippen LogP contribution in [0.3, 0.4) is 0 Å². The first-order valence-electron chi connectivity index (χ1n) is 1.98. The summed E-state index contributed by atoms with van der Waals surface area (Å²) in [5.74, 6) is 0.245. The zero-order valence-corrected chi connectivity index (χ0v) is 4.64. The SMILES string of the molecule is N#Cc1ccc(Cl)o1. The van der Waals surface area contributed by atoms with Crippen molar-refractivity contribution in [2.75, 3.05) is 0 Å². The Kier molecular flexibility index (Phi) is 1.23. The third-order valence-electron chi connectivity index (χ3n) is 0.683. The summed E-state index contributed by atoms with van der Waals surface area (Å²) >= 11 is 5.32. The molecule has 0 aliphatic rings. The minimum atomic E-state index is 0.245. The number of nitrogens with zero attached hydrogens (tertiary/aromatic N) is 1. The van der Waals surface area contributed by atoms with Crippen LogP contribution in [-0.4, -0.2) is 0 Å². The van der Waals surface area contributed by atoms with Crippen molar-refractivity contribution in [2.24, 2.45) is 0 Å². The molecule has 2 nitrogen and oxygen atoms in total. The van der Waals surface area contributed by atoms with Gasteiger partial charge in [0.1, 0.15) is 6.07 Å². The van der Waals surface area contributed by atoms with Crippen LogP contribution < -0.4 is 0 Å². The lowest BCUT2D eigenvalue weighted by Crippen LogP contribution is -1.55. The topological polar surface area (TPSA) is 36.9 Å². The number of hydrogen-bond donors (Lipinski definition) is 0. The Labute approximate surface area is 51.3 Å². The molecule has 3 heteroatoms. The number of hydrogen-bond acceptors (Lipinski definition) is 2. The second kappa shape index (κ2) is 1.89. The molecular weight excluding hydrogens is 126 g/mol. The molecule has 1 heterocycles. The average molecular weight is 128 g/mol. The second-order valence-corrected chi connectivity index (χ2v) is 1.59. The van der Waals surface area contributed by atoms with Crippen molar-refractivity contribution < 1.29 is 4.42 Å². The van der Waals surface area contributed by atoms with Crippen molar-refractivity contribution in [1.82, 2.24) is 0 Å². The molecule has 0 atom stereocenters. The Morgan fingerprint density at radius 3 is 2.62 bits per heavy atom. The van der Waals surface area contributed by atoms with E-state index in [4.69, 9.17) is 16.9 Å². The van der Waals surface area contributed by atoms with Crippen LogP contribution in [0, 0.1) is 11.3 Å². The lowest BCUT2D eigenvalue weighted by molar-refractivity contribution is 0.555. The normalized spacial score (nSPS) is 8.50. The van der Waals surface area contributed by atoms with E-state index in [1.54, 1.807) is 6.07 Å². The Morgan fingerprint density at radius 1 is 1.62 bits per heavy atom. The third-order valence-corrected chi connectivity index (χ3v) is 0.887. The van der Waals surface area contributed by atoms with E-state index in [2.05, 4.69) is 4.42 Å². The first kappa shape index (κ1) is 5.20. The molecule has 40 valence electrons. The van der Waals surface area contributed by atoms with Crippen LogP contribution in [0.5, 0.6) is 0 Å². The number of rotatable bonds is 0. The molecule has 0 spiro atoms. The molecule has 0 N–H and O–H groups in total. The van der Waals surface area contributed by atoms with Crippen LogP contribution in [0.1, 0.15) is 5.76 Å². The highest BCUT2D eigenvalue weighted by Crippen LogP contribution is 2.10. The van der Waals surface area contributed by atoms with Gasteiger partial charge in [0.2, 0.25) is 5.76 Å². The quantitative estimate of drug-likeness (QED) is 0.533. The summed E-state index contributed by atoms with van der Waals surface area (Å²) in [6, 6.07) is 4.84. The fourth-order valence-electron chi connectivity index (χ4n) is 0.374. The van der Waals surface area contributed by atoms with Gasteiger partial charge in [-0.15, -0.1) is 0 Å². The monoisotopic (exact) mass is 127 g/mol. The highest BCUT2D eigenvalue weighted by atomic mass is 35.5. The molecule has 1 rings (SSSR count). The molecule has 8 heavy (non-hydrogen) atoms. The highest BCUT2D eigenvalue weighted by molar-refractivity contribution is 6.28. The van der Waals surface area contributed by atoms with E-state index in [-0.39, 0.29) is 11.0 Å². The van der Waals surface area contributed by atoms with Gasteiger partial charge in [-0.3, -0.25) is 0 Å². The minimum absolute atomic E-state index is 0.245. The molecule has 1 aromatic heterocycles. The van der Waals surface area contributed by atoms with Crippen LogP contribution in [0.4, 0.5) is 0 Å². The smallest absolute Gasteiger partial charge is 0.205 e. The Balaban J connectivity index is 3.05. The summed E-state index contributed by atoms with van der Waals surface area (Å²) in [6.45, 7) is 0. The van der Waals surface area contributed by atoms with E-state index >= 15 is 0 Å². The van der Waals surface area contributed by atoms with Gasteiger partial charge in [-0.2, -0.15) is 5.26 Å². The molecule has 0 bridgehead atoms. The molecule has 1 aromatic rings. The average Bonchev–Trinajstić information content (AvgIpc) is 2.14. The Bertz CT molecular complexity index is 223. The van der Waals surface area contributed by atoms with Gasteiger partial charge in [0.15, 0.2) is 5.22 Å². The van der Waals surface area contributed by atoms with Crippen LogP contribution >= 0.6 is 11.6 Å². The maximum atomic E-state index is 8.15. The van der Waals surface area contributed by atoms with Gasteiger partial charge in [-0.1, -0.05) is 0 Å². The van der Waals surface area contributed by atoms with Gasteiger partial charge in [0, 0.05) is 0 Å². The van der Waals surface area contributed by atoms with Crippen molar-refractivity contribution in [3.63, 3.8) is 0 Å². The summed E-state index contributed by atoms with van der Waals surface area (Å²) in [7, 11) is 0. The zero-order chi connectivity index (χ0) is 5.98. The molecule has 0 fully saturated rings. The van der Waals surface area contributed by atoms with E-state index in [1.807, 2.05) is 0 Å². The van der Waals surface area contributed by atoms with Gasteiger partial charge >= 0.3 is 0 Å². The largest absolute Gasteiger partial charge is 0.434 e. The van der Waals surface area contributed by atoms with Crippen LogP contribution in [0.25, 0.3) is 0 Å². The van der Waals surface area contributed by atoms with E-state index in [1.165, 1.54) is 12.1 Å². The van der Waals surface area contributed by atoms with E-state index in [9.17, 15) is 0 Å². The summed E-state index contributed by atoms with van der Waals surface area (Å²) in [5, 5.41) is 8.40. The van der Waals surface area contributed by atoms with Crippen molar-refractivity contribution in [1.29, 1.82) is 5.26 Å². The Morgan fingerprint density at radius 2 is 2.38 bits per heavy atom. The van der Waals surface area contributed by atoms with Crippen molar-refractivity contribution in [2.45, 2.75) is 0 Å². The lowest BCUT2D eigenvalue weighted by Gasteiger charge is -1.71. The molecule has 0 aliphatic carbocycles. The fraction of sp³-hybridized carbons (Fsp3) is 0. The summed E-state index contributed by atoms with van der Waals surface area (Å²) < 4.78 is 4.64. The van der Waals surface area contributed by atoms with Crippen LogP contribution in [0.15, 0.2) is 16.5 Å². The highest BCUT2D eigenvalue weighted by Gasteiger charge is 1.93. The van der Waals surface area contributed by atoms with Crippen LogP contribution in [0.2, 0.25) is 5.22 Å². The van der Waals surface area contributed by atoms with Gasteiger partial charge in [-0.05, 0) is 23.7 Å². The second-order valence-electron chi connectivity index (χ2n) is 1.22. The lowest BCUT2D eigenvalue weighted by atomic mass is 10.5. The predicted molar refractivity (Wildman–Crippen MR) is 28.4 cm³/mol. The standard InChI is InChI=1S/C5H2ClNO/c6-5-2-1-4(3-7)8-5/h1-2H. The number of nitriles is 1.